The van der Waals surface area contributed by atoms with Gasteiger partial charge in [-0.25, -0.2) is 0 Å². The van der Waals surface area contributed by atoms with Crippen molar-refractivity contribution in [1.82, 2.24) is 0 Å². The van der Waals surface area contributed by atoms with Gasteiger partial charge in [0.25, 0.3) is 0 Å². The number of nitrogens with one attached hydrogen (secondary N) is 1. The van der Waals surface area contributed by atoms with E-state index in [2.05, 4.69) is 34.8 Å². The van der Waals surface area contributed by atoms with Crippen LogP contribution in [0.25, 0.3) is 0 Å². The normalized spacial score (nSPS) is 22.3. The van der Waals surface area contributed by atoms with E-state index in [1.54, 1.807) is 0 Å². The third kappa shape index (κ3) is 2.80. The SMILES string of the molecule is CC1CC1CN(C)c1ccc(Br)cc1C(=N)N. The van der Waals surface area contributed by atoms with Gasteiger partial charge in [0.05, 0.1) is 0 Å². The molecule has 1 aromatic carbocycles. The molecule has 0 spiro atoms. The summed E-state index contributed by atoms with van der Waals surface area (Å²) in [5.74, 6) is 1.76. The van der Waals surface area contributed by atoms with Crippen molar-refractivity contribution in [2.75, 3.05) is 18.5 Å². The number of hydrogen-bond donors (Lipinski definition) is 2. The number of hydrogen-bond acceptors (Lipinski definition) is 2. The van der Waals surface area contributed by atoms with Crippen molar-refractivity contribution < 1.29 is 0 Å². The van der Waals surface area contributed by atoms with E-state index in [1.165, 1.54) is 6.42 Å². The lowest BCUT2D eigenvalue weighted by molar-refractivity contribution is 0.725. The van der Waals surface area contributed by atoms with Gasteiger partial charge in [0, 0.05) is 29.3 Å². The number of nitrogen functional groups attached to an aromatic ring is 1. The Labute approximate surface area is 111 Å². The Morgan fingerprint density at radius 3 is 2.76 bits per heavy atom. The number of halogens is 1. The lowest BCUT2D eigenvalue weighted by Crippen LogP contribution is -2.24. The molecule has 0 amide bonds. The Balaban J connectivity index is 2.21. The largest absolute Gasteiger partial charge is 0.384 e. The van der Waals surface area contributed by atoms with Gasteiger partial charge in [-0.1, -0.05) is 22.9 Å². The molecular weight excluding hydrogens is 278 g/mol. The van der Waals surface area contributed by atoms with Crippen LogP contribution >= 0.6 is 15.9 Å². The van der Waals surface area contributed by atoms with Gasteiger partial charge in [0.1, 0.15) is 5.84 Å². The number of nitrogens with zero attached hydrogens (tertiary/aromatic N) is 1. The van der Waals surface area contributed by atoms with Gasteiger partial charge in [0.15, 0.2) is 0 Å². The minimum atomic E-state index is 0.122. The van der Waals surface area contributed by atoms with Crippen LogP contribution in [0.2, 0.25) is 0 Å². The molecule has 0 aromatic heterocycles. The van der Waals surface area contributed by atoms with E-state index in [-0.39, 0.29) is 5.84 Å². The number of anilines is 1. The molecule has 0 radical (unpaired) electrons. The van der Waals surface area contributed by atoms with Crippen LogP contribution in [-0.2, 0) is 0 Å². The van der Waals surface area contributed by atoms with Gasteiger partial charge in [-0.2, -0.15) is 0 Å². The first kappa shape index (κ1) is 12.4. The van der Waals surface area contributed by atoms with Gasteiger partial charge in [-0.05, 0) is 36.5 Å². The fourth-order valence-corrected chi connectivity index (χ4v) is 2.52. The smallest absolute Gasteiger partial charge is 0.124 e. The maximum absolute atomic E-state index is 7.63. The predicted molar refractivity (Wildman–Crippen MR) is 75.7 cm³/mol. The second-order valence-electron chi connectivity index (χ2n) is 4.93. The van der Waals surface area contributed by atoms with Crippen molar-refractivity contribution in [3.05, 3.63) is 28.2 Å². The molecule has 2 unspecified atom stereocenters. The van der Waals surface area contributed by atoms with Crippen LogP contribution in [0.15, 0.2) is 22.7 Å². The van der Waals surface area contributed by atoms with Crippen LogP contribution in [0.3, 0.4) is 0 Å². The van der Waals surface area contributed by atoms with Crippen molar-refractivity contribution in [1.29, 1.82) is 5.41 Å². The van der Waals surface area contributed by atoms with E-state index in [4.69, 9.17) is 11.1 Å². The minimum absolute atomic E-state index is 0.122. The molecule has 0 saturated heterocycles. The molecule has 92 valence electrons. The Morgan fingerprint density at radius 2 is 2.24 bits per heavy atom. The van der Waals surface area contributed by atoms with Crippen molar-refractivity contribution in [3.63, 3.8) is 0 Å². The maximum atomic E-state index is 7.63. The summed E-state index contributed by atoms with van der Waals surface area (Å²) >= 11 is 3.42. The molecule has 1 aromatic rings. The topological polar surface area (TPSA) is 53.1 Å². The molecule has 3 N–H and O–H groups in total. The summed E-state index contributed by atoms with van der Waals surface area (Å²) in [5.41, 5.74) is 7.47. The summed E-state index contributed by atoms with van der Waals surface area (Å²) in [7, 11) is 2.07. The fourth-order valence-electron chi connectivity index (χ4n) is 2.16. The van der Waals surface area contributed by atoms with Crippen molar-refractivity contribution in [2.24, 2.45) is 17.6 Å². The summed E-state index contributed by atoms with van der Waals surface area (Å²) in [4.78, 5) is 2.21. The third-order valence-electron chi connectivity index (χ3n) is 3.44. The Kier molecular flexibility index (Phi) is 3.43. The first-order chi connectivity index (χ1) is 7.99. The lowest BCUT2D eigenvalue weighted by atomic mass is 10.1. The van der Waals surface area contributed by atoms with Crippen molar-refractivity contribution in [2.45, 2.75) is 13.3 Å². The van der Waals surface area contributed by atoms with E-state index < -0.39 is 0 Å². The van der Waals surface area contributed by atoms with Gasteiger partial charge in [-0.3, -0.25) is 5.41 Å². The Hall–Kier alpha value is -1.03. The first-order valence-corrected chi connectivity index (χ1v) is 6.63. The van der Waals surface area contributed by atoms with Gasteiger partial charge < -0.3 is 10.6 Å². The average Bonchev–Trinajstić information content (AvgIpc) is 2.93. The summed E-state index contributed by atoms with van der Waals surface area (Å²) in [6, 6.07) is 5.92. The lowest BCUT2D eigenvalue weighted by Gasteiger charge is -2.22. The second kappa shape index (κ2) is 4.69. The van der Waals surface area contributed by atoms with Crippen LogP contribution in [0.4, 0.5) is 5.69 Å². The van der Waals surface area contributed by atoms with Gasteiger partial charge in [0.2, 0.25) is 0 Å². The molecule has 2 atom stereocenters. The van der Waals surface area contributed by atoms with Crippen LogP contribution in [-0.4, -0.2) is 19.4 Å². The highest BCUT2D eigenvalue weighted by molar-refractivity contribution is 9.10. The zero-order valence-electron chi connectivity index (χ0n) is 10.2. The quantitative estimate of drug-likeness (QED) is 0.663. The summed E-state index contributed by atoms with van der Waals surface area (Å²) in [6.45, 7) is 3.33. The van der Waals surface area contributed by atoms with Gasteiger partial charge in [-0.15, -0.1) is 0 Å². The second-order valence-corrected chi connectivity index (χ2v) is 5.84. The number of rotatable bonds is 4. The molecule has 0 bridgehead atoms. The standard InChI is InChI=1S/C13H18BrN3/c1-8-5-9(8)7-17(2)12-4-3-10(14)6-11(12)13(15)16/h3-4,6,8-9H,5,7H2,1-2H3,(H3,15,16). The van der Waals surface area contributed by atoms with Gasteiger partial charge >= 0.3 is 0 Å². The van der Waals surface area contributed by atoms with Crippen molar-refractivity contribution in [3.8, 4) is 0 Å². The number of nitrogens with two attached hydrogens (primary N) is 1. The maximum Gasteiger partial charge on any atom is 0.124 e. The minimum Gasteiger partial charge on any atom is -0.384 e. The average molecular weight is 296 g/mol. The van der Waals surface area contributed by atoms with E-state index in [1.807, 2.05) is 18.2 Å². The highest BCUT2D eigenvalue weighted by Gasteiger charge is 2.33. The Bertz CT molecular complexity index is 444. The summed E-state index contributed by atoms with van der Waals surface area (Å²) in [5, 5.41) is 7.63. The van der Waals surface area contributed by atoms with Crippen LogP contribution < -0.4 is 10.6 Å². The van der Waals surface area contributed by atoms with Crippen molar-refractivity contribution >= 4 is 27.5 Å². The molecule has 1 aliphatic carbocycles. The number of amidine groups is 1. The molecule has 1 saturated carbocycles. The molecule has 1 aliphatic rings. The number of benzene rings is 1. The monoisotopic (exact) mass is 295 g/mol. The van der Waals surface area contributed by atoms with Crippen LogP contribution in [0.5, 0.6) is 0 Å². The van der Waals surface area contributed by atoms with Crippen LogP contribution in [0.1, 0.15) is 18.9 Å². The Morgan fingerprint density at radius 1 is 1.59 bits per heavy atom. The third-order valence-corrected chi connectivity index (χ3v) is 3.94. The zero-order valence-corrected chi connectivity index (χ0v) is 11.8. The molecule has 0 heterocycles. The predicted octanol–water partition coefficient (Wildman–Crippen LogP) is 2.83. The van der Waals surface area contributed by atoms with Crippen LogP contribution in [0, 0.1) is 17.2 Å². The fraction of sp³-hybridized carbons (Fsp3) is 0.462. The molecule has 3 nitrogen and oxygen atoms in total. The highest BCUT2D eigenvalue weighted by Crippen LogP contribution is 2.39. The molecule has 1 fully saturated rings. The van der Waals surface area contributed by atoms with E-state index in [9.17, 15) is 0 Å². The highest BCUT2D eigenvalue weighted by atomic mass is 79.9. The summed E-state index contributed by atoms with van der Waals surface area (Å²) < 4.78 is 0.958. The van der Waals surface area contributed by atoms with E-state index in [0.717, 1.165) is 34.1 Å². The van der Waals surface area contributed by atoms with E-state index in [0.29, 0.717) is 0 Å². The summed E-state index contributed by atoms with van der Waals surface area (Å²) in [6.07, 6.45) is 1.32. The molecule has 17 heavy (non-hydrogen) atoms. The van der Waals surface area contributed by atoms with E-state index >= 15 is 0 Å². The molecular formula is C13H18BrN3. The first-order valence-electron chi connectivity index (χ1n) is 5.84. The molecule has 0 aliphatic heterocycles. The molecule has 2 rings (SSSR count). The molecule has 4 heteroatoms. The zero-order chi connectivity index (χ0) is 12.6.